The van der Waals surface area contributed by atoms with E-state index >= 15 is 0 Å². The number of sulfonamides is 1. The second-order valence-corrected chi connectivity index (χ2v) is 7.02. The van der Waals surface area contributed by atoms with Crippen LogP contribution in [0.5, 0.6) is 0 Å². The molecule has 8 nitrogen and oxygen atoms in total. The highest BCUT2D eigenvalue weighted by Crippen LogP contribution is 2.11. The van der Waals surface area contributed by atoms with Crippen LogP contribution < -0.4 is 4.72 Å². The van der Waals surface area contributed by atoms with Crippen molar-refractivity contribution in [1.29, 1.82) is 0 Å². The van der Waals surface area contributed by atoms with Gasteiger partial charge in [0.1, 0.15) is 5.76 Å². The lowest BCUT2D eigenvalue weighted by Gasteiger charge is -2.15. The number of nitrogens with one attached hydrogen (secondary N) is 1. The second kappa shape index (κ2) is 7.95. The van der Waals surface area contributed by atoms with Crippen molar-refractivity contribution < 1.29 is 27.2 Å². The highest BCUT2D eigenvalue weighted by molar-refractivity contribution is 7.89. The van der Waals surface area contributed by atoms with Crippen LogP contribution in [0.4, 0.5) is 0 Å². The van der Waals surface area contributed by atoms with E-state index in [1.807, 2.05) is 0 Å². The molecule has 2 aromatic rings. The zero-order chi connectivity index (χ0) is 18.4. The van der Waals surface area contributed by atoms with Crippen LogP contribution in [0.2, 0.25) is 0 Å². The maximum atomic E-state index is 11.9. The van der Waals surface area contributed by atoms with Crippen molar-refractivity contribution in [1.82, 2.24) is 9.62 Å². The number of benzene rings is 1. The van der Waals surface area contributed by atoms with E-state index in [1.165, 1.54) is 42.5 Å². The molecule has 0 unspecified atom stereocenters. The van der Waals surface area contributed by atoms with Crippen LogP contribution in [0.25, 0.3) is 0 Å². The summed E-state index contributed by atoms with van der Waals surface area (Å²) in [5.74, 6) is -0.490. The smallest absolute Gasteiger partial charge is 0.338 e. The fraction of sp³-hybridized carbons (Fsp3) is 0.250. The lowest BCUT2D eigenvalue weighted by Crippen LogP contribution is -2.30. The monoisotopic (exact) mass is 366 g/mol. The van der Waals surface area contributed by atoms with Crippen LogP contribution >= 0.6 is 0 Å². The fourth-order valence-corrected chi connectivity index (χ4v) is 2.66. The molecule has 1 N–H and O–H groups in total. The molecular formula is C16H18N2O6S. The van der Waals surface area contributed by atoms with Crippen molar-refractivity contribution in [3.8, 4) is 0 Å². The van der Waals surface area contributed by atoms with Crippen LogP contribution in [-0.2, 0) is 26.1 Å². The van der Waals surface area contributed by atoms with Crippen LogP contribution in [0.1, 0.15) is 16.1 Å². The summed E-state index contributed by atoms with van der Waals surface area (Å²) >= 11 is 0. The molecule has 0 aliphatic carbocycles. The molecule has 0 aliphatic rings. The molecule has 134 valence electrons. The molecule has 1 heterocycles. The van der Waals surface area contributed by atoms with E-state index in [4.69, 9.17) is 9.15 Å². The molecule has 2 rings (SSSR count). The summed E-state index contributed by atoms with van der Waals surface area (Å²) in [6.45, 7) is -0.160. The average Bonchev–Trinajstić information content (AvgIpc) is 3.12. The van der Waals surface area contributed by atoms with Crippen molar-refractivity contribution >= 4 is 21.9 Å². The Morgan fingerprint density at radius 1 is 1.20 bits per heavy atom. The molecule has 0 radical (unpaired) electrons. The quantitative estimate of drug-likeness (QED) is 0.733. The van der Waals surface area contributed by atoms with Gasteiger partial charge < -0.3 is 14.1 Å². The normalized spacial score (nSPS) is 11.1. The first-order valence-electron chi connectivity index (χ1n) is 7.30. The van der Waals surface area contributed by atoms with E-state index in [9.17, 15) is 18.0 Å². The number of hydrogen-bond acceptors (Lipinski definition) is 6. The van der Waals surface area contributed by atoms with Crippen LogP contribution in [0.15, 0.2) is 52.0 Å². The zero-order valence-electron chi connectivity index (χ0n) is 13.8. The Kier molecular flexibility index (Phi) is 5.94. The maximum Gasteiger partial charge on any atom is 0.338 e. The van der Waals surface area contributed by atoms with Crippen molar-refractivity contribution in [3.63, 3.8) is 0 Å². The van der Waals surface area contributed by atoms with Gasteiger partial charge in [-0.3, -0.25) is 4.79 Å². The minimum atomic E-state index is -3.57. The number of carbonyl (C=O) groups excluding carboxylic acids is 2. The summed E-state index contributed by atoms with van der Waals surface area (Å²) in [5, 5.41) is 0. The number of furan rings is 1. The Labute approximate surface area is 145 Å². The molecule has 0 spiro atoms. The van der Waals surface area contributed by atoms with Gasteiger partial charge in [0.05, 0.1) is 23.3 Å². The Morgan fingerprint density at radius 3 is 2.44 bits per heavy atom. The third-order valence-corrected chi connectivity index (χ3v) is 4.82. The summed E-state index contributed by atoms with van der Waals surface area (Å²) in [4.78, 5) is 25.3. The van der Waals surface area contributed by atoms with Gasteiger partial charge in [-0.1, -0.05) is 0 Å². The van der Waals surface area contributed by atoms with E-state index < -0.39 is 22.6 Å². The minimum Gasteiger partial charge on any atom is -0.467 e. The number of carbonyl (C=O) groups is 2. The van der Waals surface area contributed by atoms with Gasteiger partial charge in [0.25, 0.3) is 5.91 Å². The first-order chi connectivity index (χ1) is 11.8. The van der Waals surface area contributed by atoms with Gasteiger partial charge in [0.15, 0.2) is 6.61 Å². The predicted molar refractivity (Wildman–Crippen MR) is 88.2 cm³/mol. The molecule has 1 aromatic carbocycles. The van der Waals surface area contributed by atoms with Crippen molar-refractivity contribution in [2.45, 2.75) is 11.4 Å². The number of nitrogens with zero attached hydrogens (tertiary/aromatic N) is 1. The van der Waals surface area contributed by atoms with Crippen LogP contribution in [0, 0.1) is 0 Å². The Bertz CT molecular complexity index is 828. The average molecular weight is 366 g/mol. The van der Waals surface area contributed by atoms with Crippen molar-refractivity contribution in [2.24, 2.45) is 0 Å². The SMILES string of the molecule is CNS(=O)(=O)c1ccc(C(=O)OCC(=O)N(C)Cc2ccco2)cc1. The number of esters is 1. The van der Waals surface area contributed by atoms with E-state index in [2.05, 4.69) is 4.72 Å². The van der Waals surface area contributed by atoms with Crippen molar-refractivity contribution in [3.05, 3.63) is 54.0 Å². The molecule has 1 aromatic heterocycles. The molecule has 25 heavy (non-hydrogen) atoms. The summed E-state index contributed by atoms with van der Waals surface area (Å²) < 4.78 is 35.5. The third-order valence-electron chi connectivity index (χ3n) is 3.39. The van der Waals surface area contributed by atoms with Crippen LogP contribution in [0.3, 0.4) is 0 Å². The summed E-state index contributed by atoms with van der Waals surface area (Å²) in [7, 11) is -0.715. The van der Waals surface area contributed by atoms with Gasteiger partial charge in [0.2, 0.25) is 10.0 Å². The first kappa shape index (κ1) is 18.7. The second-order valence-electron chi connectivity index (χ2n) is 5.14. The number of ether oxygens (including phenoxy) is 1. The topological polar surface area (TPSA) is 106 Å². The van der Waals surface area contributed by atoms with E-state index in [0.29, 0.717) is 5.76 Å². The highest BCUT2D eigenvalue weighted by atomic mass is 32.2. The highest BCUT2D eigenvalue weighted by Gasteiger charge is 2.16. The lowest BCUT2D eigenvalue weighted by molar-refractivity contribution is -0.133. The first-order valence-corrected chi connectivity index (χ1v) is 8.79. The lowest BCUT2D eigenvalue weighted by atomic mass is 10.2. The van der Waals surface area contributed by atoms with Gasteiger partial charge in [0, 0.05) is 7.05 Å². The third kappa shape index (κ3) is 4.91. The largest absolute Gasteiger partial charge is 0.467 e. The molecular weight excluding hydrogens is 348 g/mol. The van der Waals surface area contributed by atoms with Crippen LogP contribution in [-0.4, -0.2) is 45.9 Å². The predicted octanol–water partition coefficient (Wildman–Crippen LogP) is 1.00. The molecule has 1 amide bonds. The molecule has 9 heteroatoms. The molecule has 0 aliphatic heterocycles. The number of likely N-dealkylation sites (N-methyl/N-ethyl adjacent to an activating group) is 1. The Morgan fingerprint density at radius 2 is 1.88 bits per heavy atom. The van der Waals surface area contributed by atoms with Gasteiger partial charge in [-0.2, -0.15) is 0 Å². The van der Waals surface area contributed by atoms with Gasteiger partial charge in [-0.15, -0.1) is 0 Å². The Balaban J connectivity index is 1.90. The summed E-state index contributed by atoms with van der Waals surface area (Å²) in [6, 6.07) is 8.66. The van der Waals surface area contributed by atoms with Crippen molar-refractivity contribution in [2.75, 3.05) is 20.7 Å². The fourth-order valence-electron chi connectivity index (χ4n) is 1.93. The number of rotatable bonds is 7. The molecule has 0 saturated heterocycles. The number of hydrogen-bond donors (Lipinski definition) is 1. The summed E-state index contributed by atoms with van der Waals surface area (Å²) in [6.07, 6.45) is 1.51. The molecule has 0 bridgehead atoms. The van der Waals surface area contributed by atoms with E-state index in [0.717, 1.165) is 0 Å². The molecule has 0 fully saturated rings. The number of amides is 1. The standard InChI is InChI=1S/C16H18N2O6S/c1-17-25(21,22)14-7-5-12(6-8-14)16(20)24-11-15(19)18(2)10-13-4-3-9-23-13/h3-9,17H,10-11H2,1-2H3. The van der Waals surface area contributed by atoms with Gasteiger partial charge in [-0.25, -0.2) is 17.9 Å². The molecule has 0 atom stereocenters. The van der Waals surface area contributed by atoms with E-state index in [1.54, 1.807) is 19.2 Å². The maximum absolute atomic E-state index is 11.9. The Hall–Kier alpha value is -2.65. The van der Waals surface area contributed by atoms with Gasteiger partial charge >= 0.3 is 5.97 Å². The molecule has 0 saturated carbocycles. The zero-order valence-corrected chi connectivity index (χ0v) is 14.6. The van der Waals surface area contributed by atoms with E-state index in [-0.39, 0.29) is 22.9 Å². The minimum absolute atomic E-state index is 0.0285. The summed E-state index contributed by atoms with van der Waals surface area (Å²) in [5.41, 5.74) is 0.150. The van der Waals surface area contributed by atoms with Gasteiger partial charge in [-0.05, 0) is 43.4 Å².